The summed E-state index contributed by atoms with van der Waals surface area (Å²) in [5.41, 5.74) is 7.58. The third-order valence-corrected chi connectivity index (χ3v) is 5.13. The molecule has 2 aliphatic heterocycles. The summed E-state index contributed by atoms with van der Waals surface area (Å²) in [6.45, 7) is 3.63. The van der Waals surface area contributed by atoms with Gasteiger partial charge < -0.3 is 20.9 Å². The van der Waals surface area contributed by atoms with E-state index >= 15 is 0 Å². The minimum absolute atomic E-state index is 0.0642. The second-order valence-electron chi connectivity index (χ2n) is 7.04. The number of piperidine rings is 1. The van der Waals surface area contributed by atoms with E-state index in [4.69, 9.17) is 5.73 Å². The minimum atomic E-state index is -0.0910. The number of carbonyl (C=O) groups is 2. The Morgan fingerprint density at radius 3 is 2.44 bits per heavy atom. The molecule has 2 heterocycles. The van der Waals surface area contributed by atoms with Crippen molar-refractivity contribution in [1.82, 2.24) is 15.1 Å². The van der Waals surface area contributed by atoms with Crippen LogP contribution in [0.25, 0.3) is 0 Å². The van der Waals surface area contributed by atoms with Gasteiger partial charge in [-0.05, 0) is 49.8 Å². The number of nitrogens with one attached hydrogen (secondary N) is 1. The van der Waals surface area contributed by atoms with Crippen molar-refractivity contribution in [2.75, 3.05) is 38.5 Å². The number of nitrogens with zero attached hydrogens (tertiary/aromatic N) is 2. The zero-order valence-corrected chi connectivity index (χ0v) is 14.7. The first-order valence-electron chi connectivity index (χ1n) is 9.29. The lowest BCUT2D eigenvalue weighted by Gasteiger charge is -2.34. The molecule has 0 aromatic heterocycles. The zero-order chi connectivity index (χ0) is 17.6. The van der Waals surface area contributed by atoms with Crippen molar-refractivity contribution in [2.24, 2.45) is 5.92 Å². The average Bonchev–Trinajstić information content (AvgIpc) is 3.17. The maximum Gasteiger partial charge on any atom is 0.320 e. The first-order valence-corrected chi connectivity index (χ1v) is 9.29. The van der Waals surface area contributed by atoms with Gasteiger partial charge in [-0.1, -0.05) is 12.1 Å². The van der Waals surface area contributed by atoms with Crippen LogP contribution in [0.4, 0.5) is 10.5 Å². The summed E-state index contributed by atoms with van der Waals surface area (Å²) in [4.78, 5) is 28.7. The van der Waals surface area contributed by atoms with Crippen molar-refractivity contribution >= 4 is 17.6 Å². The van der Waals surface area contributed by atoms with Crippen molar-refractivity contribution in [3.63, 3.8) is 0 Å². The molecule has 6 nitrogen and oxygen atoms in total. The molecule has 1 atom stereocenters. The maximum absolute atomic E-state index is 12.5. The molecule has 0 bridgehead atoms. The van der Waals surface area contributed by atoms with Crippen LogP contribution in [0.2, 0.25) is 0 Å². The van der Waals surface area contributed by atoms with Gasteiger partial charge in [0.05, 0.1) is 5.92 Å². The van der Waals surface area contributed by atoms with E-state index in [2.05, 4.69) is 5.32 Å². The first kappa shape index (κ1) is 17.6. The molecule has 3 N–H and O–H groups in total. The van der Waals surface area contributed by atoms with Crippen LogP contribution < -0.4 is 11.1 Å². The van der Waals surface area contributed by atoms with Gasteiger partial charge in [0.25, 0.3) is 0 Å². The molecule has 136 valence electrons. The van der Waals surface area contributed by atoms with Crippen LogP contribution in [-0.2, 0) is 11.2 Å². The van der Waals surface area contributed by atoms with Crippen LogP contribution in [0.1, 0.15) is 31.2 Å². The third kappa shape index (κ3) is 4.65. The molecule has 1 unspecified atom stereocenters. The number of anilines is 1. The number of carbonyl (C=O) groups excluding carboxylic acids is 2. The summed E-state index contributed by atoms with van der Waals surface area (Å²) < 4.78 is 0. The van der Waals surface area contributed by atoms with Gasteiger partial charge in [-0.2, -0.15) is 0 Å². The fourth-order valence-corrected chi connectivity index (χ4v) is 3.63. The predicted octanol–water partition coefficient (Wildman–Crippen LogP) is 1.86. The lowest BCUT2D eigenvalue weighted by Crippen LogP contribution is -2.49. The van der Waals surface area contributed by atoms with Crippen LogP contribution in [0.3, 0.4) is 0 Å². The summed E-state index contributed by atoms with van der Waals surface area (Å²) in [6.07, 6.45) is 4.73. The van der Waals surface area contributed by atoms with E-state index in [0.717, 1.165) is 63.0 Å². The molecule has 1 aromatic rings. The Morgan fingerprint density at radius 1 is 1.04 bits per heavy atom. The molecular formula is C19H28N4O2. The summed E-state index contributed by atoms with van der Waals surface area (Å²) in [5, 5.41) is 3.02. The second kappa shape index (κ2) is 8.23. The Balaban J connectivity index is 1.44. The predicted molar refractivity (Wildman–Crippen MR) is 98.1 cm³/mol. The van der Waals surface area contributed by atoms with Gasteiger partial charge in [0, 0.05) is 38.4 Å². The molecule has 3 amide bonds. The van der Waals surface area contributed by atoms with Crippen molar-refractivity contribution in [3.8, 4) is 0 Å². The fourth-order valence-electron chi connectivity index (χ4n) is 3.63. The van der Waals surface area contributed by atoms with Gasteiger partial charge in [0.2, 0.25) is 5.91 Å². The average molecular weight is 344 g/mol. The van der Waals surface area contributed by atoms with Gasteiger partial charge in [0.15, 0.2) is 0 Å². The van der Waals surface area contributed by atoms with Gasteiger partial charge in [-0.15, -0.1) is 0 Å². The molecule has 1 aromatic carbocycles. The Bertz CT molecular complexity index is 596. The van der Waals surface area contributed by atoms with Crippen molar-refractivity contribution < 1.29 is 9.59 Å². The molecule has 2 fully saturated rings. The monoisotopic (exact) mass is 344 g/mol. The lowest BCUT2D eigenvalue weighted by atomic mass is 9.97. The summed E-state index contributed by atoms with van der Waals surface area (Å²) >= 11 is 0. The van der Waals surface area contributed by atoms with Crippen molar-refractivity contribution in [1.29, 1.82) is 0 Å². The zero-order valence-electron chi connectivity index (χ0n) is 14.7. The van der Waals surface area contributed by atoms with E-state index in [1.54, 1.807) is 0 Å². The molecule has 0 radical (unpaired) electrons. The molecule has 6 heteroatoms. The van der Waals surface area contributed by atoms with Gasteiger partial charge in [0.1, 0.15) is 0 Å². The number of nitrogens with two attached hydrogens (primary N) is 1. The molecule has 2 saturated heterocycles. The lowest BCUT2D eigenvalue weighted by molar-refractivity contribution is -0.126. The first-order chi connectivity index (χ1) is 12.1. The fraction of sp³-hybridized carbons (Fsp3) is 0.579. The Morgan fingerprint density at radius 2 is 1.72 bits per heavy atom. The third-order valence-electron chi connectivity index (χ3n) is 5.13. The minimum Gasteiger partial charge on any atom is -0.399 e. The SMILES string of the molecule is Nc1ccc(CCNC(=O)C2CCCN(C(=O)N3CCCC3)C2)cc1. The van der Waals surface area contributed by atoms with Gasteiger partial charge in [-0.3, -0.25) is 4.79 Å². The highest BCUT2D eigenvalue weighted by Crippen LogP contribution is 2.20. The smallest absolute Gasteiger partial charge is 0.320 e. The molecule has 2 aliphatic rings. The number of nitrogen functional groups attached to an aromatic ring is 1. The maximum atomic E-state index is 12.5. The van der Waals surface area contributed by atoms with Crippen molar-refractivity contribution in [3.05, 3.63) is 29.8 Å². The van der Waals surface area contributed by atoms with E-state index in [1.807, 2.05) is 34.1 Å². The number of urea groups is 1. The van der Waals surface area contributed by atoms with Crippen LogP contribution >= 0.6 is 0 Å². The standard InChI is InChI=1S/C19H28N4O2/c20-17-7-5-15(6-8-17)9-10-21-18(24)16-4-3-13-23(14-16)19(25)22-11-1-2-12-22/h5-8,16H,1-4,9-14,20H2,(H,21,24). The normalized spacial score (nSPS) is 20.6. The molecule has 3 rings (SSSR count). The summed E-state index contributed by atoms with van der Waals surface area (Å²) in [7, 11) is 0. The highest BCUT2D eigenvalue weighted by atomic mass is 16.2. The molecule has 0 spiro atoms. The molecule has 0 aliphatic carbocycles. The largest absolute Gasteiger partial charge is 0.399 e. The highest BCUT2D eigenvalue weighted by Gasteiger charge is 2.31. The van der Waals surface area contributed by atoms with E-state index in [0.29, 0.717) is 13.1 Å². The quantitative estimate of drug-likeness (QED) is 0.818. The van der Waals surface area contributed by atoms with E-state index in [-0.39, 0.29) is 17.9 Å². The van der Waals surface area contributed by atoms with E-state index in [1.165, 1.54) is 0 Å². The number of likely N-dealkylation sites (tertiary alicyclic amines) is 2. The molecule has 0 saturated carbocycles. The Labute approximate surface area is 149 Å². The molecular weight excluding hydrogens is 316 g/mol. The number of hydrogen-bond acceptors (Lipinski definition) is 3. The van der Waals surface area contributed by atoms with E-state index < -0.39 is 0 Å². The number of rotatable bonds is 4. The topological polar surface area (TPSA) is 78.7 Å². The number of amides is 3. The van der Waals surface area contributed by atoms with Crippen LogP contribution in [0, 0.1) is 5.92 Å². The number of benzene rings is 1. The van der Waals surface area contributed by atoms with Gasteiger partial charge in [-0.25, -0.2) is 4.79 Å². The summed E-state index contributed by atoms with van der Waals surface area (Å²) in [5.74, 6) is -0.0268. The highest BCUT2D eigenvalue weighted by molar-refractivity contribution is 5.81. The van der Waals surface area contributed by atoms with Crippen LogP contribution in [-0.4, -0.2) is 54.5 Å². The van der Waals surface area contributed by atoms with Crippen LogP contribution in [0.15, 0.2) is 24.3 Å². The second-order valence-corrected chi connectivity index (χ2v) is 7.04. The van der Waals surface area contributed by atoms with Crippen molar-refractivity contribution in [2.45, 2.75) is 32.1 Å². The Hall–Kier alpha value is -2.24. The summed E-state index contributed by atoms with van der Waals surface area (Å²) in [6, 6.07) is 7.83. The van der Waals surface area contributed by atoms with Gasteiger partial charge >= 0.3 is 6.03 Å². The number of hydrogen-bond donors (Lipinski definition) is 2. The van der Waals surface area contributed by atoms with E-state index in [9.17, 15) is 9.59 Å². The Kier molecular flexibility index (Phi) is 5.79. The van der Waals surface area contributed by atoms with Crippen LogP contribution in [0.5, 0.6) is 0 Å². The molecule has 25 heavy (non-hydrogen) atoms.